The molecular weight excluding hydrogens is 376 g/mol. The van der Waals surface area contributed by atoms with E-state index in [1.54, 1.807) is 13.3 Å². The number of fused-ring (bicyclic) bond motifs is 1. The molecule has 0 amide bonds. The molecule has 0 radical (unpaired) electrons. The third-order valence-electron chi connectivity index (χ3n) is 4.77. The molecule has 0 bridgehead atoms. The van der Waals surface area contributed by atoms with Gasteiger partial charge in [0.05, 0.1) is 24.4 Å². The number of methoxy groups -OCH3 is 1. The van der Waals surface area contributed by atoms with Crippen molar-refractivity contribution >= 4 is 23.2 Å². The number of para-hydroxylation sites is 2. The highest BCUT2D eigenvalue weighted by Crippen LogP contribution is 2.28. The molecule has 1 aromatic heterocycles. The minimum absolute atomic E-state index is 0.486. The summed E-state index contributed by atoms with van der Waals surface area (Å²) in [6, 6.07) is 23.8. The molecule has 0 aliphatic carbocycles. The zero-order valence-corrected chi connectivity index (χ0v) is 17.1. The van der Waals surface area contributed by atoms with E-state index < -0.39 is 0 Å². The summed E-state index contributed by atoms with van der Waals surface area (Å²) in [5, 5.41) is 4.36. The van der Waals surface area contributed by atoms with Gasteiger partial charge in [-0.05, 0) is 48.4 Å². The van der Waals surface area contributed by atoms with E-state index in [0.29, 0.717) is 24.1 Å². The molecule has 1 N–H and O–H groups in total. The van der Waals surface area contributed by atoms with E-state index in [1.165, 1.54) is 0 Å². The molecule has 0 aliphatic rings. The summed E-state index contributed by atoms with van der Waals surface area (Å²) in [5.41, 5.74) is 7.07. The number of ether oxygens (including phenoxy) is 2. The van der Waals surface area contributed by atoms with Gasteiger partial charge in [0, 0.05) is 6.54 Å². The van der Waals surface area contributed by atoms with Crippen molar-refractivity contribution in [3.05, 3.63) is 83.9 Å². The number of rotatable bonds is 8. The predicted molar refractivity (Wildman–Crippen MR) is 120 cm³/mol. The van der Waals surface area contributed by atoms with Crippen molar-refractivity contribution in [3.63, 3.8) is 0 Å². The Kier molecular flexibility index (Phi) is 5.94. The second kappa shape index (κ2) is 9.13. The summed E-state index contributed by atoms with van der Waals surface area (Å²) in [4.78, 5) is 4.61. The molecule has 152 valence electrons. The van der Waals surface area contributed by atoms with Crippen LogP contribution in [0, 0.1) is 0 Å². The van der Waals surface area contributed by atoms with Gasteiger partial charge in [-0.25, -0.2) is 10.4 Å². The number of hydrazone groups is 1. The molecule has 4 rings (SSSR count). The van der Waals surface area contributed by atoms with Gasteiger partial charge in [-0.1, -0.05) is 42.5 Å². The maximum absolute atomic E-state index is 5.91. The van der Waals surface area contributed by atoms with E-state index in [0.717, 1.165) is 28.7 Å². The summed E-state index contributed by atoms with van der Waals surface area (Å²) in [6.45, 7) is 3.38. The molecule has 0 spiro atoms. The predicted octanol–water partition coefficient (Wildman–Crippen LogP) is 5.09. The smallest absolute Gasteiger partial charge is 0.224 e. The number of anilines is 1. The summed E-state index contributed by atoms with van der Waals surface area (Å²) in [6.07, 6.45) is 1.74. The molecule has 0 fully saturated rings. The molecule has 0 unspecified atom stereocenters. The fourth-order valence-corrected chi connectivity index (χ4v) is 3.26. The minimum atomic E-state index is 0.486. The fraction of sp³-hybridized carbons (Fsp3) is 0.167. The highest BCUT2D eigenvalue weighted by atomic mass is 16.5. The van der Waals surface area contributed by atoms with Gasteiger partial charge in [0.1, 0.15) is 6.61 Å². The number of aromatic nitrogens is 2. The van der Waals surface area contributed by atoms with Crippen molar-refractivity contribution in [2.75, 3.05) is 12.5 Å². The topological polar surface area (TPSA) is 60.7 Å². The Morgan fingerprint density at radius 3 is 2.60 bits per heavy atom. The van der Waals surface area contributed by atoms with Gasteiger partial charge in [-0.15, -0.1) is 0 Å². The van der Waals surface area contributed by atoms with Gasteiger partial charge in [0.25, 0.3) is 0 Å². The van der Waals surface area contributed by atoms with E-state index in [9.17, 15) is 0 Å². The Hall–Kier alpha value is -3.80. The van der Waals surface area contributed by atoms with Crippen LogP contribution in [0.15, 0.2) is 77.9 Å². The summed E-state index contributed by atoms with van der Waals surface area (Å²) in [7, 11) is 1.63. The SMILES string of the molecule is CCn1c(N/N=C\c2ccc(OCc3ccccc3)c(OC)c2)nc2ccccc21. The van der Waals surface area contributed by atoms with Crippen molar-refractivity contribution in [1.82, 2.24) is 9.55 Å². The van der Waals surface area contributed by atoms with Crippen LogP contribution in [0.3, 0.4) is 0 Å². The first-order chi connectivity index (χ1) is 14.8. The largest absolute Gasteiger partial charge is 0.493 e. The molecular formula is C24H24N4O2. The van der Waals surface area contributed by atoms with Gasteiger partial charge in [0.15, 0.2) is 11.5 Å². The van der Waals surface area contributed by atoms with Gasteiger partial charge in [0.2, 0.25) is 5.95 Å². The first-order valence-electron chi connectivity index (χ1n) is 9.87. The Morgan fingerprint density at radius 1 is 1.00 bits per heavy atom. The molecule has 0 aliphatic heterocycles. The molecule has 0 atom stereocenters. The first kappa shape index (κ1) is 19.5. The molecule has 0 saturated heterocycles. The number of nitrogens with zero attached hydrogens (tertiary/aromatic N) is 3. The monoisotopic (exact) mass is 400 g/mol. The lowest BCUT2D eigenvalue weighted by molar-refractivity contribution is 0.284. The van der Waals surface area contributed by atoms with Crippen LogP contribution < -0.4 is 14.9 Å². The molecule has 4 aromatic rings. The van der Waals surface area contributed by atoms with E-state index in [4.69, 9.17) is 9.47 Å². The van der Waals surface area contributed by atoms with Gasteiger partial charge in [-0.2, -0.15) is 5.10 Å². The minimum Gasteiger partial charge on any atom is -0.493 e. The van der Waals surface area contributed by atoms with Crippen molar-refractivity contribution in [2.45, 2.75) is 20.1 Å². The Balaban J connectivity index is 1.46. The second-order valence-electron chi connectivity index (χ2n) is 6.72. The third-order valence-corrected chi connectivity index (χ3v) is 4.77. The van der Waals surface area contributed by atoms with Crippen LogP contribution in [0.1, 0.15) is 18.1 Å². The maximum Gasteiger partial charge on any atom is 0.224 e. The van der Waals surface area contributed by atoms with Gasteiger partial charge < -0.3 is 14.0 Å². The molecule has 6 heteroatoms. The molecule has 1 heterocycles. The molecule has 30 heavy (non-hydrogen) atoms. The number of imidazole rings is 1. The van der Waals surface area contributed by atoms with Crippen molar-refractivity contribution in [2.24, 2.45) is 5.10 Å². The Labute approximate surface area is 175 Å². The molecule has 6 nitrogen and oxygen atoms in total. The highest BCUT2D eigenvalue weighted by molar-refractivity contribution is 5.82. The van der Waals surface area contributed by atoms with Crippen molar-refractivity contribution in [1.29, 1.82) is 0 Å². The van der Waals surface area contributed by atoms with Crippen LogP contribution in [-0.2, 0) is 13.2 Å². The van der Waals surface area contributed by atoms with E-state index >= 15 is 0 Å². The summed E-state index contributed by atoms with van der Waals surface area (Å²) in [5.74, 6) is 2.07. The lowest BCUT2D eigenvalue weighted by Crippen LogP contribution is -2.02. The van der Waals surface area contributed by atoms with Crippen molar-refractivity contribution < 1.29 is 9.47 Å². The number of hydrogen-bond donors (Lipinski definition) is 1. The lowest BCUT2D eigenvalue weighted by atomic mass is 10.2. The molecule has 0 saturated carbocycles. The zero-order valence-electron chi connectivity index (χ0n) is 17.1. The molecule has 3 aromatic carbocycles. The highest BCUT2D eigenvalue weighted by Gasteiger charge is 2.08. The van der Waals surface area contributed by atoms with Crippen molar-refractivity contribution in [3.8, 4) is 11.5 Å². The Morgan fingerprint density at radius 2 is 1.80 bits per heavy atom. The maximum atomic E-state index is 5.91. The average Bonchev–Trinajstić information content (AvgIpc) is 3.16. The van der Waals surface area contributed by atoms with Crippen LogP contribution in [0.2, 0.25) is 0 Å². The van der Waals surface area contributed by atoms with Crippen LogP contribution in [-0.4, -0.2) is 22.9 Å². The fourth-order valence-electron chi connectivity index (χ4n) is 3.26. The lowest BCUT2D eigenvalue weighted by Gasteiger charge is -2.11. The van der Waals surface area contributed by atoms with Crippen LogP contribution >= 0.6 is 0 Å². The quantitative estimate of drug-likeness (QED) is 0.331. The van der Waals surface area contributed by atoms with E-state index in [1.807, 2.05) is 66.7 Å². The van der Waals surface area contributed by atoms with Crippen LogP contribution in [0.5, 0.6) is 11.5 Å². The standard InChI is InChI=1S/C24H24N4O2/c1-3-28-21-12-8-7-11-20(21)26-24(28)27-25-16-19-13-14-22(23(15-19)29-2)30-17-18-9-5-4-6-10-18/h4-16H,3,17H2,1-2H3,(H,26,27)/b25-16-. The first-order valence-corrected chi connectivity index (χ1v) is 9.87. The zero-order chi connectivity index (χ0) is 20.8. The van der Waals surface area contributed by atoms with Gasteiger partial charge >= 0.3 is 0 Å². The average molecular weight is 400 g/mol. The van der Waals surface area contributed by atoms with Gasteiger partial charge in [-0.3, -0.25) is 0 Å². The number of aryl methyl sites for hydroxylation is 1. The van der Waals surface area contributed by atoms with E-state index in [-0.39, 0.29) is 0 Å². The number of nitrogens with one attached hydrogen (secondary N) is 1. The van der Waals surface area contributed by atoms with E-state index in [2.05, 4.69) is 33.1 Å². The Bertz CT molecular complexity index is 1150. The van der Waals surface area contributed by atoms with Crippen LogP contribution in [0.4, 0.5) is 5.95 Å². The van der Waals surface area contributed by atoms with Crippen LogP contribution in [0.25, 0.3) is 11.0 Å². The number of hydrogen-bond acceptors (Lipinski definition) is 5. The summed E-state index contributed by atoms with van der Waals surface area (Å²) < 4.78 is 13.5. The summed E-state index contributed by atoms with van der Waals surface area (Å²) >= 11 is 0. The third kappa shape index (κ3) is 4.27. The number of benzene rings is 3. The second-order valence-corrected chi connectivity index (χ2v) is 6.72. The normalized spacial score (nSPS) is 11.1.